The summed E-state index contributed by atoms with van der Waals surface area (Å²) in [7, 11) is 0. The third kappa shape index (κ3) is 4.87. The number of hydrogen-bond acceptors (Lipinski definition) is 5. The molecule has 1 heterocycles. The lowest BCUT2D eigenvalue weighted by Gasteiger charge is -2.04. The summed E-state index contributed by atoms with van der Waals surface area (Å²) in [6.45, 7) is 4.28. The zero-order valence-electron chi connectivity index (χ0n) is 13.2. The van der Waals surface area contributed by atoms with E-state index in [0.717, 1.165) is 12.0 Å². The summed E-state index contributed by atoms with van der Waals surface area (Å²) >= 11 is 0. The molecule has 0 saturated carbocycles. The van der Waals surface area contributed by atoms with Crippen LogP contribution in [0.15, 0.2) is 24.3 Å². The van der Waals surface area contributed by atoms with Crippen LogP contribution < -0.4 is 10.6 Å². The number of carbonyl (C=O) groups excluding carboxylic acids is 2. The molecule has 2 amide bonds. The Kier molecular flexibility index (Phi) is 5.79. The molecule has 122 valence electrons. The minimum atomic E-state index is -0.346. The molecular formula is C15H20N6O2. The van der Waals surface area contributed by atoms with Gasteiger partial charge in [-0.15, -0.1) is 10.2 Å². The van der Waals surface area contributed by atoms with Crippen molar-refractivity contribution in [2.45, 2.75) is 26.8 Å². The van der Waals surface area contributed by atoms with Crippen molar-refractivity contribution in [1.29, 1.82) is 0 Å². The van der Waals surface area contributed by atoms with Crippen LogP contribution in [0.2, 0.25) is 0 Å². The molecule has 1 aromatic heterocycles. The Morgan fingerprint density at radius 1 is 1.09 bits per heavy atom. The second-order valence-corrected chi connectivity index (χ2v) is 4.92. The fraction of sp³-hybridized carbons (Fsp3) is 0.400. The normalized spacial score (nSPS) is 10.3. The van der Waals surface area contributed by atoms with Gasteiger partial charge >= 0.3 is 0 Å². The molecule has 0 aliphatic heterocycles. The first-order valence-electron chi connectivity index (χ1n) is 7.53. The van der Waals surface area contributed by atoms with E-state index in [4.69, 9.17) is 0 Å². The highest BCUT2D eigenvalue weighted by molar-refractivity contribution is 5.84. The summed E-state index contributed by atoms with van der Waals surface area (Å²) in [5, 5.41) is 17.1. The molecule has 0 spiro atoms. The van der Waals surface area contributed by atoms with Crippen LogP contribution in [-0.4, -0.2) is 45.1 Å². The summed E-state index contributed by atoms with van der Waals surface area (Å²) in [4.78, 5) is 24.2. The zero-order chi connectivity index (χ0) is 16.7. The Labute approximate surface area is 134 Å². The molecule has 23 heavy (non-hydrogen) atoms. The molecule has 0 unspecified atom stereocenters. The lowest BCUT2D eigenvalue weighted by atomic mass is 10.1. The van der Waals surface area contributed by atoms with Gasteiger partial charge in [-0.25, -0.2) is 0 Å². The number of aromatic nitrogens is 4. The quantitative estimate of drug-likeness (QED) is 0.757. The molecule has 0 bridgehead atoms. The third-order valence-corrected chi connectivity index (χ3v) is 3.18. The van der Waals surface area contributed by atoms with E-state index in [9.17, 15) is 9.59 Å². The van der Waals surface area contributed by atoms with Gasteiger partial charge in [0, 0.05) is 12.1 Å². The first-order valence-corrected chi connectivity index (χ1v) is 7.53. The van der Waals surface area contributed by atoms with Gasteiger partial charge in [-0.05, 0) is 24.1 Å². The van der Waals surface area contributed by atoms with Gasteiger partial charge in [-0.3, -0.25) is 9.59 Å². The van der Waals surface area contributed by atoms with Gasteiger partial charge in [0.1, 0.15) is 6.54 Å². The number of carbonyl (C=O) groups is 2. The standard InChI is InChI=1S/C15H20N6O2/c1-3-11-5-7-12(8-6-11)15-18-20-21(19-15)10-14(23)17-9-13(22)16-4-2/h5-8H,3-4,9-10H2,1-2H3,(H,16,22)(H,17,23). The van der Waals surface area contributed by atoms with Crippen LogP contribution in [0.3, 0.4) is 0 Å². The van der Waals surface area contributed by atoms with Crippen molar-refractivity contribution in [3.8, 4) is 11.4 Å². The molecule has 2 aromatic rings. The van der Waals surface area contributed by atoms with E-state index in [-0.39, 0.29) is 24.9 Å². The number of likely N-dealkylation sites (N-methyl/N-ethyl adjacent to an activating group) is 1. The maximum absolute atomic E-state index is 11.7. The van der Waals surface area contributed by atoms with Gasteiger partial charge in [-0.2, -0.15) is 4.80 Å². The van der Waals surface area contributed by atoms with Crippen molar-refractivity contribution in [2.24, 2.45) is 0 Å². The van der Waals surface area contributed by atoms with Crippen LogP contribution in [-0.2, 0) is 22.6 Å². The summed E-state index contributed by atoms with van der Waals surface area (Å²) in [5.74, 6) is -0.116. The zero-order valence-corrected chi connectivity index (χ0v) is 13.2. The van der Waals surface area contributed by atoms with Gasteiger partial charge in [0.2, 0.25) is 17.6 Å². The van der Waals surface area contributed by atoms with Gasteiger partial charge in [0.05, 0.1) is 6.54 Å². The van der Waals surface area contributed by atoms with Crippen LogP contribution in [0.1, 0.15) is 19.4 Å². The number of hydrogen-bond donors (Lipinski definition) is 2. The maximum Gasteiger partial charge on any atom is 0.244 e. The fourth-order valence-corrected chi connectivity index (χ4v) is 1.94. The third-order valence-electron chi connectivity index (χ3n) is 3.18. The van der Waals surface area contributed by atoms with Gasteiger partial charge in [-0.1, -0.05) is 31.2 Å². The van der Waals surface area contributed by atoms with E-state index in [0.29, 0.717) is 12.4 Å². The van der Waals surface area contributed by atoms with Gasteiger partial charge in [0.25, 0.3) is 0 Å². The molecule has 8 heteroatoms. The van der Waals surface area contributed by atoms with Crippen LogP contribution in [0.4, 0.5) is 0 Å². The monoisotopic (exact) mass is 316 g/mol. The number of benzene rings is 1. The minimum absolute atomic E-state index is 0.0628. The number of amides is 2. The Balaban J connectivity index is 1.91. The minimum Gasteiger partial charge on any atom is -0.355 e. The SMILES string of the molecule is CCNC(=O)CNC(=O)Cn1nnc(-c2ccc(CC)cc2)n1. The molecule has 1 aromatic carbocycles. The van der Waals surface area contributed by atoms with E-state index in [1.54, 1.807) is 0 Å². The second kappa shape index (κ2) is 8.02. The number of tetrazole rings is 1. The average Bonchev–Trinajstić information content (AvgIpc) is 3.02. The Morgan fingerprint density at radius 3 is 2.48 bits per heavy atom. The fourth-order valence-electron chi connectivity index (χ4n) is 1.94. The van der Waals surface area contributed by atoms with Crippen molar-refractivity contribution in [3.05, 3.63) is 29.8 Å². The maximum atomic E-state index is 11.7. The molecule has 8 nitrogen and oxygen atoms in total. The highest BCUT2D eigenvalue weighted by Gasteiger charge is 2.10. The molecule has 2 N–H and O–H groups in total. The predicted molar refractivity (Wildman–Crippen MR) is 84.3 cm³/mol. The Hall–Kier alpha value is -2.77. The number of aryl methyl sites for hydroxylation is 1. The first-order chi connectivity index (χ1) is 11.1. The lowest BCUT2D eigenvalue weighted by molar-refractivity contribution is -0.126. The van der Waals surface area contributed by atoms with Gasteiger partial charge < -0.3 is 10.6 Å². The van der Waals surface area contributed by atoms with E-state index in [2.05, 4.69) is 33.0 Å². The van der Waals surface area contributed by atoms with Crippen molar-refractivity contribution in [1.82, 2.24) is 30.8 Å². The van der Waals surface area contributed by atoms with E-state index in [1.165, 1.54) is 10.4 Å². The second-order valence-electron chi connectivity index (χ2n) is 4.92. The van der Waals surface area contributed by atoms with Crippen LogP contribution in [0, 0.1) is 0 Å². The molecule has 0 aliphatic rings. The average molecular weight is 316 g/mol. The topological polar surface area (TPSA) is 102 Å². The molecule has 0 radical (unpaired) electrons. The summed E-state index contributed by atoms with van der Waals surface area (Å²) in [6.07, 6.45) is 0.964. The largest absolute Gasteiger partial charge is 0.355 e. The van der Waals surface area contributed by atoms with Crippen molar-refractivity contribution in [2.75, 3.05) is 13.1 Å². The summed E-state index contributed by atoms with van der Waals surface area (Å²) in [6, 6.07) is 7.87. The van der Waals surface area contributed by atoms with Gasteiger partial charge in [0.15, 0.2) is 0 Å². The summed E-state index contributed by atoms with van der Waals surface area (Å²) in [5.41, 5.74) is 2.07. The molecular weight excluding hydrogens is 296 g/mol. The number of nitrogens with one attached hydrogen (secondary N) is 2. The van der Waals surface area contributed by atoms with Crippen LogP contribution in [0.5, 0.6) is 0 Å². The van der Waals surface area contributed by atoms with Crippen LogP contribution in [0.25, 0.3) is 11.4 Å². The lowest BCUT2D eigenvalue weighted by Crippen LogP contribution is -2.38. The Morgan fingerprint density at radius 2 is 1.83 bits per heavy atom. The van der Waals surface area contributed by atoms with Crippen molar-refractivity contribution in [3.63, 3.8) is 0 Å². The molecule has 0 aliphatic carbocycles. The molecule has 0 atom stereocenters. The Bertz CT molecular complexity index is 665. The number of nitrogens with zero attached hydrogens (tertiary/aromatic N) is 4. The van der Waals surface area contributed by atoms with Crippen molar-refractivity contribution < 1.29 is 9.59 Å². The highest BCUT2D eigenvalue weighted by Crippen LogP contribution is 2.14. The smallest absolute Gasteiger partial charge is 0.244 e. The van der Waals surface area contributed by atoms with Crippen molar-refractivity contribution >= 4 is 11.8 Å². The van der Waals surface area contributed by atoms with E-state index >= 15 is 0 Å². The predicted octanol–water partition coefficient (Wildman–Crippen LogP) is 0.155. The molecule has 0 fully saturated rings. The van der Waals surface area contributed by atoms with E-state index < -0.39 is 0 Å². The highest BCUT2D eigenvalue weighted by atomic mass is 16.2. The molecule has 0 saturated heterocycles. The van der Waals surface area contributed by atoms with Crippen LogP contribution >= 0.6 is 0 Å². The molecule has 2 rings (SSSR count). The number of rotatable bonds is 7. The first kappa shape index (κ1) is 16.6. The van der Waals surface area contributed by atoms with E-state index in [1.807, 2.05) is 31.2 Å². The summed E-state index contributed by atoms with van der Waals surface area (Å²) < 4.78 is 0.